The molecule has 0 aliphatic carbocycles. The number of carbonyl (C=O) groups excluding carboxylic acids is 3. The number of nitrogens with zero attached hydrogens (tertiary/aromatic N) is 1. The second-order valence-corrected chi connectivity index (χ2v) is 7.25. The summed E-state index contributed by atoms with van der Waals surface area (Å²) in [7, 11) is 1.84. The largest absolute Gasteiger partial charge is 0.449 e. The Kier molecular flexibility index (Phi) is 6.20. The lowest BCUT2D eigenvalue weighted by molar-refractivity contribution is -0.130. The van der Waals surface area contributed by atoms with E-state index in [2.05, 4.69) is 10.6 Å². The van der Waals surface area contributed by atoms with Gasteiger partial charge in [0.05, 0.1) is 12.1 Å². The van der Waals surface area contributed by atoms with E-state index in [4.69, 9.17) is 4.74 Å². The first kappa shape index (κ1) is 21.1. The number of carbonyl (C=O) groups is 3. The number of esters is 1. The van der Waals surface area contributed by atoms with Crippen molar-refractivity contribution in [3.05, 3.63) is 65.4 Å². The fourth-order valence-corrected chi connectivity index (χ4v) is 3.29. The first-order valence-electron chi connectivity index (χ1n) is 9.66. The Morgan fingerprint density at radius 3 is 2.40 bits per heavy atom. The average Bonchev–Trinajstić information content (AvgIpc) is 3.06. The Labute approximate surface area is 175 Å². The molecule has 156 valence electrons. The van der Waals surface area contributed by atoms with Gasteiger partial charge in [-0.1, -0.05) is 36.4 Å². The molecule has 3 aromatic rings. The molecule has 1 heterocycles. The van der Waals surface area contributed by atoms with Crippen molar-refractivity contribution in [1.82, 2.24) is 9.88 Å². The number of hydrogen-bond donors (Lipinski definition) is 2. The summed E-state index contributed by atoms with van der Waals surface area (Å²) < 4.78 is 7.14. The molecule has 7 heteroatoms. The molecule has 2 aromatic carbocycles. The Morgan fingerprint density at radius 1 is 1.03 bits per heavy atom. The molecule has 30 heavy (non-hydrogen) atoms. The highest BCUT2D eigenvalue weighted by Gasteiger charge is 2.22. The number of aryl methyl sites for hydroxylation is 3. The van der Waals surface area contributed by atoms with Crippen molar-refractivity contribution in [1.29, 1.82) is 0 Å². The third-order valence-corrected chi connectivity index (χ3v) is 4.94. The van der Waals surface area contributed by atoms with E-state index >= 15 is 0 Å². The van der Waals surface area contributed by atoms with E-state index in [0.717, 1.165) is 27.7 Å². The maximum Gasteiger partial charge on any atom is 0.341 e. The molecule has 0 aliphatic heterocycles. The number of para-hydroxylation sites is 2. The minimum Gasteiger partial charge on any atom is -0.449 e. The van der Waals surface area contributed by atoms with Gasteiger partial charge in [-0.15, -0.1) is 0 Å². The average molecular weight is 407 g/mol. The number of nitrogens with one attached hydrogen (secondary N) is 2. The fourth-order valence-electron chi connectivity index (χ4n) is 3.29. The molecule has 0 aliphatic rings. The summed E-state index contributed by atoms with van der Waals surface area (Å²) in [4.78, 5) is 37.0. The van der Waals surface area contributed by atoms with Crippen molar-refractivity contribution in [3.63, 3.8) is 0 Å². The molecule has 3 rings (SSSR count). The number of benzene rings is 2. The van der Waals surface area contributed by atoms with Gasteiger partial charge in [-0.05, 0) is 38.0 Å². The minimum atomic E-state index is -1.04. The molecule has 2 N–H and O–H groups in total. The van der Waals surface area contributed by atoms with Gasteiger partial charge in [0.2, 0.25) is 5.91 Å². The van der Waals surface area contributed by atoms with E-state index in [1.807, 2.05) is 67.9 Å². The van der Waals surface area contributed by atoms with Gasteiger partial charge in [0, 0.05) is 29.8 Å². The third-order valence-electron chi connectivity index (χ3n) is 4.94. The number of rotatable bonds is 6. The molecule has 1 atom stereocenters. The van der Waals surface area contributed by atoms with E-state index < -0.39 is 18.0 Å². The van der Waals surface area contributed by atoms with Crippen LogP contribution in [0.2, 0.25) is 0 Å². The Bertz CT molecular complexity index is 1100. The highest BCUT2D eigenvalue weighted by molar-refractivity contribution is 6.05. The normalized spacial score (nSPS) is 11.7. The third kappa shape index (κ3) is 4.51. The van der Waals surface area contributed by atoms with Gasteiger partial charge in [-0.2, -0.15) is 0 Å². The van der Waals surface area contributed by atoms with Crippen LogP contribution in [0.15, 0.2) is 48.7 Å². The summed E-state index contributed by atoms with van der Waals surface area (Å²) >= 11 is 0. The first-order valence-corrected chi connectivity index (χ1v) is 9.66. The van der Waals surface area contributed by atoms with Gasteiger partial charge in [0.25, 0.3) is 5.91 Å². The molecule has 2 amide bonds. The SMILES string of the molecule is Cc1cccc(C)c1NC(=O)CNC(=O)C(C)OC(=O)c1cn(C)c2ccccc12. The number of amides is 2. The van der Waals surface area contributed by atoms with Gasteiger partial charge in [0.1, 0.15) is 0 Å². The topological polar surface area (TPSA) is 89.4 Å². The van der Waals surface area contributed by atoms with Gasteiger partial charge >= 0.3 is 5.97 Å². The van der Waals surface area contributed by atoms with E-state index in [0.29, 0.717) is 5.56 Å². The second-order valence-electron chi connectivity index (χ2n) is 7.25. The summed E-state index contributed by atoms with van der Waals surface area (Å²) in [5.74, 6) is -1.48. The zero-order valence-corrected chi connectivity index (χ0v) is 17.5. The highest BCUT2D eigenvalue weighted by atomic mass is 16.5. The maximum absolute atomic E-state index is 12.5. The van der Waals surface area contributed by atoms with Crippen molar-refractivity contribution in [2.24, 2.45) is 7.05 Å². The van der Waals surface area contributed by atoms with Crippen molar-refractivity contribution in [3.8, 4) is 0 Å². The smallest absolute Gasteiger partial charge is 0.341 e. The Morgan fingerprint density at radius 2 is 1.70 bits per heavy atom. The minimum absolute atomic E-state index is 0.219. The van der Waals surface area contributed by atoms with Crippen molar-refractivity contribution in [2.75, 3.05) is 11.9 Å². The number of aromatic nitrogens is 1. The summed E-state index contributed by atoms with van der Waals surface area (Å²) in [6.45, 7) is 5.05. The Balaban J connectivity index is 1.56. The fraction of sp³-hybridized carbons (Fsp3) is 0.261. The molecule has 0 radical (unpaired) electrons. The molecule has 1 unspecified atom stereocenters. The van der Waals surface area contributed by atoms with Crippen LogP contribution in [0.4, 0.5) is 5.69 Å². The lowest BCUT2D eigenvalue weighted by Gasteiger charge is -2.14. The standard InChI is InChI=1S/C23H25N3O4/c1-14-8-7-9-15(2)21(14)25-20(27)12-24-22(28)16(3)30-23(29)18-13-26(4)19-11-6-5-10-17(18)19/h5-11,13,16H,12H2,1-4H3,(H,24,28)(H,25,27). The molecule has 1 aromatic heterocycles. The molecule has 0 saturated heterocycles. The Hall–Kier alpha value is -3.61. The lowest BCUT2D eigenvalue weighted by atomic mass is 10.1. The van der Waals surface area contributed by atoms with Crippen LogP contribution in [0, 0.1) is 13.8 Å². The monoisotopic (exact) mass is 407 g/mol. The van der Waals surface area contributed by atoms with Crippen LogP contribution >= 0.6 is 0 Å². The summed E-state index contributed by atoms with van der Waals surface area (Å²) in [5.41, 5.74) is 3.89. The predicted octanol–water partition coefficient (Wildman–Crippen LogP) is 3.10. The van der Waals surface area contributed by atoms with Gasteiger partial charge < -0.3 is 19.9 Å². The quantitative estimate of drug-likeness (QED) is 0.615. The number of anilines is 1. The van der Waals surface area contributed by atoms with Crippen LogP contribution in [-0.4, -0.2) is 35.0 Å². The molecule has 7 nitrogen and oxygen atoms in total. The summed E-state index contributed by atoms with van der Waals surface area (Å²) in [5, 5.41) is 6.06. The number of ether oxygens (including phenoxy) is 1. The van der Waals surface area contributed by atoms with Gasteiger partial charge in [-0.3, -0.25) is 9.59 Å². The van der Waals surface area contributed by atoms with E-state index in [-0.39, 0.29) is 12.5 Å². The summed E-state index contributed by atoms with van der Waals surface area (Å²) in [6.07, 6.45) is 0.639. The molecule has 0 fully saturated rings. The van der Waals surface area contributed by atoms with E-state index in [9.17, 15) is 14.4 Å². The van der Waals surface area contributed by atoms with E-state index in [1.165, 1.54) is 6.92 Å². The van der Waals surface area contributed by atoms with Crippen LogP contribution in [0.3, 0.4) is 0 Å². The molecule has 0 bridgehead atoms. The highest BCUT2D eigenvalue weighted by Crippen LogP contribution is 2.21. The van der Waals surface area contributed by atoms with Crippen LogP contribution < -0.4 is 10.6 Å². The van der Waals surface area contributed by atoms with Crippen LogP contribution in [0.5, 0.6) is 0 Å². The molecule has 0 saturated carbocycles. The van der Waals surface area contributed by atoms with Crippen LogP contribution in [0.25, 0.3) is 10.9 Å². The summed E-state index contributed by atoms with van der Waals surface area (Å²) in [6, 6.07) is 13.2. The van der Waals surface area contributed by atoms with Crippen molar-refractivity contribution in [2.45, 2.75) is 26.9 Å². The molecule has 0 spiro atoms. The molecular formula is C23H25N3O4. The lowest BCUT2D eigenvalue weighted by Crippen LogP contribution is -2.40. The van der Waals surface area contributed by atoms with Crippen molar-refractivity contribution < 1.29 is 19.1 Å². The zero-order valence-electron chi connectivity index (χ0n) is 17.5. The number of hydrogen-bond acceptors (Lipinski definition) is 4. The van der Waals surface area contributed by atoms with Gasteiger partial charge in [-0.25, -0.2) is 4.79 Å². The first-order chi connectivity index (χ1) is 14.3. The maximum atomic E-state index is 12.5. The second kappa shape index (κ2) is 8.82. The predicted molar refractivity (Wildman–Crippen MR) is 115 cm³/mol. The van der Waals surface area contributed by atoms with Crippen LogP contribution in [-0.2, 0) is 21.4 Å². The zero-order chi connectivity index (χ0) is 21.8. The van der Waals surface area contributed by atoms with Crippen molar-refractivity contribution >= 4 is 34.4 Å². The van der Waals surface area contributed by atoms with Crippen LogP contribution in [0.1, 0.15) is 28.4 Å². The molecular weight excluding hydrogens is 382 g/mol. The number of fused-ring (bicyclic) bond motifs is 1. The van der Waals surface area contributed by atoms with E-state index in [1.54, 1.807) is 6.20 Å². The van der Waals surface area contributed by atoms with Gasteiger partial charge in [0.15, 0.2) is 6.10 Å².